The Kier molecular flexibility index (Phi) is 5.09. The number of hydrogen-bond acceptors (Lipinski definition) is 4. The Hall–Kier alpha value is -3.15. The summed E-state index contributed by atoms with van der Waals surface area (Å²) in [6, 6.07) is 14.4. The molecular weight excluding hydrogens is 418 g/mol. The molecule has 7 heteroatoms. The molecule has 3 aromatic rings. The lowest BCUT2D eigenvalue weighted by Gasteiger charge is -2.06. The van der Waals surface area contributed by atoms with Gasteiger partial charge in [-0.25, -0.2) is 9.18 Å². The van der Waals surface area contributed by atoms with Crippen molar-refractivity contribution in [3.05, 3.63) is 99.0 Å². The van der Waals surface area contributed by atoms with Crippen LogP contribution in [0.3, 0.4) is 0 Å². The third kappa shape index (κ3) is 3.88. The number of Topliss-reactive ketones (excluding diaryl/α,β-unsaturated/α-hetero) is 1. The highest BCUT2D eigenvalue weighted by Crippen LogP contribution is 2.36. The number of hydrogen-bond donors (Lipinski definition) is 0. The largest absolute Gasteiger partial charge is 0.452 e. The molecule has 0 N–H and O–H groups in total. The van der Waals surface area contributed by atoms with Crippen LogP contribution >= 0.6 is 23.2 Å². The van der Waals surface area contributed by atoms with Gasteiger partial charge in [-0.1, -0.05) is 29.3 Å². The van der Waals surface area contributed by atoms with Gasteiger partial charge in [-0.15, -0.1) is 0 Å². The summed E-state index contributed by atoms with van der Waals surface area (Å²) in [6.45, 7) is 0. The molecule has 0 radical (unpaired) electrons. The molecule has 4 nitrogen and oxygen atoms in total. The van der Waals surface area contributed by atoms with Crippen LogP contribution in [0, 0.1) is 5.82 Å². The van der Waals surface area contributed by atoms with Gasteiger partial charge >= 0.3 is 5.97 Å². The van der Waals surface area contributed by atoms with E-state index in [1.807, 2.05) is 0 Å². The number of carbonyl (C=O) groups is 2. The van der Waals surface area contributed by atoms with Crippen LogP contribution in [-0.4, -0.2) is 11.8 Å². The van der Waals surface area contributed by atoms with Crippen LogP contribution in [0.15, 0.2) is 66.4 Å². The molecule has 0 spiro atoms. The Morgan fingerprint density at radius 1 is 1.00 bits per heavy atom. The van der Waals surface area contributed by atoms with E-state index in [0.29, 0.717) is 21.2 Å². The highest BCUT2D eigenvalue weighted by atomic mass is 35.5. The first kappa shape index (κ1) is 19.2. The minimum atomic E-state index is -0.659. The van der Waals surface area contributed by atoms with Crippen molar-refractivity contribution >= 4 is 41.0 Å². The third-order valence-corrected chi connectivity index (χ3v) is 4.87. The molecule has 144 valence electrons. The van der Waals surface area contributed by atoms with Crippen LogP contribution in [-0.2, 0) is 0 Å². The molecule has 0 unspecified atom stereocenters. The second kappa shape index (κ2) is 7.70. The Bertz CT molecular complexity index is 1150. The first-order valence-electron chi connectivity index (χ1n) is 8.42. The minimum Gasteiger partial charge on any atom is -0.452 e. The van der Waals surface area contributed by atoms with E-state index in [1.165, 1.54) is 36.4 Å². The molecular formula is C22H11Cl2FO4. The topological polar surface area (TPSA) is 52.6 Å². The normalized spacial score (nSPS) is 13.9. The number of rotatable bonds is 3. The summed E-state index contributed by atoms with van der Waals surface area (Å²) in [5.74, 6) is -0.974. The van der Waals surface area contributed by atoms with Crippen molar-refractivity contribution in [3.63, 3.8) is 0 Å². The van der Waals surface area contributed by atoms with Gasteiger partial charge in [-0.3, -0.25) is 4.79 Å². The van der Waals surface area contributed by atoms with Crippen LogP contribution in [0.25, 0.3) is 6.08 Å². The zero-order chi connectivity index (χ0) is 20.5. The maximum atomic E-state index is 13.0. The van der Waals surface area contributed by atoms with E-state index in [1.54, 1.807) is 18.2 Å². The molecule has 1 aliphatic rings. The SMILES string of the molecule is O=C(Oc1ccc2c(c1)OC(=Cc1c(Cl)cccc1Cl)C2=O)c1ccc(F)cc1. The highest BCUT2D eigenvalue weighted by molar-refractivity contribution is 6.37. The molecule has 4 rings (SSSR count). The lowest BCUT2D eigenvalue weighted by molar-refractivity contribution is 0.0734. The molecule has 3 aromatic carbocycles. The fraction of sp³-hybridized carbons (Fsp3) is 0. The summed E-state index contributed by atoms with van der Waals surface area (Å²) in [7, 11) is 0. The number of esters is 1. The molecule has 0 atom stereocenters. The van der Waals surface area contributed by atoms with Gasteiger partial charge in [-0.2, -0.15) is 0 Å². The van der Waals surface area contributed by atoms with Gasteiger partial charge in [0.05, 0.1) is 11.1 Å². The monoisotopic (exact) mass is 428 g/mol. The quantitative estimate of drug-likeness (QED) is 0.293. The van der Waals surface area contributed by atoms with Crippen molar-refractivity contribution in [2.75, 3.05) is 0 Å². The molecule has 1 heterocycles. The fourth-order valence-corrected chi connectivity index (χ4v) is 3.27. The molecule has 0 fully saturated rings. The van der Waals surface area contributed by atoms with Gasteiger partial charge in [0.2, 0.25) is 5.78 Å². The molecule has 0 aromatic heterocycles. The first-order chi connectivity index (χ1) is 13.9. The maximum Gasteiger partial charge on any atom is 0.343 e. The number of fused-ring (bicyclic) bond motifs is 1. The predicted molar refractivity (Wildman–Crippen MR) is 107 cm³/mol. The molecule has 0 bridgehead atoms. The smallest absolute Gasteiger partial charge is 0.343 e. The zero-order valence-electron chi connectivity index (χ0n) is 14.6. The lowest BCUT2D eigenvalue weighted by atomic mass is 10.1. The van der Waals surface area contributed by atoms with Crippen molar-refractivity contribution in [1.29, 1.82) is 0 Å². The number of carbonyl (C=O) groups excluding carboxylic acids is 2. The van der Waals surface area contributed by atoms with Gasteiger partial charge in [0.25, 0.3) is 0 Å². The van der Waals surface area contributed by atoms with Gasteiger partial charge in [0, 0.05) is 21.7 Å². The summed E-state index contributed by atoms with van der Waals surface area (Å²) in [5, 5.41) is 0.762. The number of allylic oxidation sites excluding steroid dienone is 1. The van der Waals surface area contributed by atoms with E-state index in [2.05, 4.69) is 0 Å². The van der Waals surface area contributed by atoms with Crippen LogP contribution in [0.4, 0.5) is 4.39 Å². The minimum absolute atomic E-state index is 0.0528. The van der Waals surface area contributed by atoms with Crippen molar-refractivity contribution in [1.82, 2.24) is 0 Å². The molecule has 0 aliphatic carbocycles. The fourth-order valence-electron chi connectivity index (χ4n) is 2.76. The zero-order valence-corrected chi connectivity index (χ0v) is 16.1. The number of ether oxygens (including phenoxy) is 2. The second-order valence-electron chi connectivity index (χ2n) is 6.13. The van der Waals surface area contributed by atoms with E-state index in [-0.39, 0.29) is 28.6 Å². The second-order valence-corrected chi connectivity index (χ2v) is 6.94. The summed E-state index contributed by atoms with van der Waals surface area (Å²) in [6.07, 6.45) is 1.47. The van der Waals surface area contributed by atoms with Crippen molar-refractivity contribution < 1.29 is 23.5 Å². The Labute approximate surface area is 175 Å². The first-order valence-corrected chi connectivity index (χ1v) is 9.18. The molecule has 0 saturated heterocycles. The predicted octanol–water partition coefficient (Wildman–Crippen LogP) is 5.97. The van der Waals surface area contributed by atoms with Crippen LogP contribution < -0.4 is 9.47 Å². The van der Waals surface area contributed by atoms with E-state index in [4.69, 9.17) is 32.7 Å². The van der Waals surface area contributed by atoms with E-state index >= 15 is 0 Å². The summed E-state index contributed by atoms with van der Waals surface area (Å²) >= 11 is 12.3. The number of halogens is 3. The number of benzene rings is 3. The van der Waals surface area contributed by atoms with E-state index < -0.39 is 11.8 Å². The molecule has 0 saturated carbocycles. The van der Waals surface area contributed by atoms with Gasteiger partial charge in [0.1, 0.15) is 17.3 Å². The Morgan fingerprint density at radius 3 is 2.38 bits per heavy atom. The molecule has 29 heavy (non-hydrogen) atoms. The van der Waals surface area contributed by atoms with Crippen molar-refractivity contribution in [3.8, 4) is 11.5 Å². The van der Waals surface area contributed by atoms with E-state index in [9.17, 15) is 14.0 Å². The summed E-state index contributed by atoms with van der Waals surface area (Å²) in [4.78, 5) is 24.8. The molecule has 1 aliphatic heterocycles. The Balaban J connectivity index is 1.58. The molecule has 0 amide bonds. The highest BCUT2D eigenvalue weighted by Gasteiger charge is 2.28. The van der Waals surface area contributed by atoms with Crippen LogP contribution in [0.1, 0.15) is 26.3 Å². The van der Waals surface area contributed by atoms with Crippen molar-refractivity contribution in [2.45, 2.75) is 0 Å². The Morgan fingerprint density at radius 2 is 1.69 bits per heavy atom. The van der Waals surface area contributed by atoms with Crippen molar-refractivity contribution in [2.24, 2.45) is 0 Å². The lowest BCUT2D eigenvalue weighted by Crippen LogP contribution is -2.08. The van der Waals surface area contributed by atoms with Crippen LogP contribution in [0.5, 0.6) is 11.5 Å². The summed E-state index contributed by atoms with van der Waals surface area (Å²) < 4.78 is 23.9. The average molecular weight is 429 g/mol. The number of ketones is 1. The van der Waals surface area contributed by atoms with E-state index in [0.717, 1.165) is 12.1 Å². The average Bonchev–Trinajstić information content (AvgIpc) is 3.00. The maximum absolute atomic E-state index is 13.0. The van der Waals surface area contributed by atoms with Gasteiger partial charge in [0.15, 0.2) is 5.76 Å². The van der Waals surface area contributed by atoms with Gasteiger partial charge < -0.3 is 9.47 Å². The van der Waals surface area contributed by atoms with Crippen LogP contribution in [0.2, 0.25) is 10.0 Å². The summed E-state index contributed by atoms with van der Waals surface area (Å²) in [5.41, 5.74) is 0.980. The standard InChI is InChI=1S/C22H11Cl2FO4/c23-17-2-1-3-18(24)16(17)11-20-21(26)15-9-8-14(10-19(15)29-20)28-22(27)12-4-6-13(25)7-5-12/h1-11H. The van der Waals surface area contributed by atoms with Gasteiger partial charge in [-0.05, 0) is 54.6 Å². The third-order valence-electron chi connectivity index (χ3n) is 4.21.